The van der Waals surface area contributed by atoms with Crippen LogP contribution in [0.15, 0.2) is 22.8 Å². The van der Waals surface area contributed by atoms with E-state index in [1.165, 1.54) is 25.7 Å². The number of hydrogen-bond acceptors (Lipinski definition) is 3. The van der Waals surface area contributed by atoms with Crippen molar-refractivity contribution >= 4 is 0 Å². The van der Waals surface area contributed by atoms with E-state index < -0.39 is 0 Å². The Labute approximate surface area is 96.8 Å². The lowest BCUT2D eigenvalue weighted by atomic mass is 10.1. The van der Waals surface area contributed by atoms with Crippen LogP contribution in [0.5, 0.6) is 0 Å². The number of furan rings is 1. The van der Waals surface area contributed by atoms with Crippen molar-refractivity contribution in [2.24, 2.45) is 5.92 Å². The second kappa shape index (κ2) is 5.51. The number of nitrogens with one attached hydrogen (secondary N) is 1. The summed E-state index contributed by atoms with van der Waals surface area (Å²) < 4.78 is 5.34. The van der Waals surface area contributed by atoms with E-state index in [4.69, 9.17) is 4.42 Å². The summed E-state index contributed by atoms with van der Waals surface area (Å²) in [4.78, 5) is 0. The van der Waals surface area contributed by atoms with E-state index in [1.54, 1.807) is 6.26 Å². The Morgan fingerprint density at radius 2 is 2.38 bits per heavy atom. The molecule has 0 radical (unpaired) electrons. The number of aliphatic hydroxyl groups is 1. The standard InChI is InChI=1S/C13H21NO2/c1-2-4-11(10-6-7-10)14-12(9-15)13-5-3-8-16-13/h3,5,8,10-12,14-15H,2,4,6-7,9H2,1H3. The molecule has 0 amide bonds. The molecular formula is C13H21NO2. The van der Waals surface area contributed by atoms with E-state index in [9.17, 15) is 5.11 Å². The minimum atomic E-state index is -0.0489. The molecule has 3 heteroatoms. The SMILES string of the molecule is CCCC(NC(CO)c1ccco1)C1CC1. The van der Waals surface area contributed by atoms with Gasteiger partial charge in [0.1, 0.15) is 5.76 Å². The fourth-order valence-electron chi connectivity index (χ4n) is 2.24. The average molecular weight is 223 g/mol. The van der Waals surface area contributed by atoms with E-state index in [0.717, 1.165) is 11.7 Å². The van der Waals surface area contributed by atoms with Gasteiger partial charge in [0.25, 0.3) is 0 Å². The van der Waals surface area contributed by atoms with Crippen LogP contribution in [0, 0.1) is 5.92 Å². The molecule has 2 N–H and O–H groups in total. The van der Waals surface area contributed by atoms with Crippen LogP contribution in [-0.2, 0) is 0 Å². The van der Waals surface area contributed by atoms with Crippen LogP contribution in [0.4, 0.5) is 0 Å². The van der Waals surface area contributed by atoms with E-state index >= 15 is 0 Å². The third-order valence-electron chi connectivity index (χ3n) is 3.28. The first-order valence-corrected chi connectivity index (χ1v) is 6.25. The van der Waals surface area contributed by atoms with Gasteiger partial charge in [-0.25, -0.2) is 0 Å². The minimum absolute atomic E-state index is 0.0489. The van der Waals surface area contributed by atoms with Crippen molar-refractivity contribution in [2.45, 2.75) is 44.7 Å². The molecule has 1 heterocycles. The highest BCUT2D eigenvalue weighted by Crippen LogP contribution is 2.35. The van der Waals surface area contributed by atoms with Gasteiger partial charge in [0.2, 0.25) is 0 Å². The molecule has 0 saturated heterocycles. The highest BCUT2D eigenvalue weighted by Gasteiger charge is 2.32. The van der Waals surface area contributed by atoms with Crippen molar-refractivity contribution in [1.29, 1.82) is 0 Å². The van der Waals surface area contributed by atoms with E-state index in [1.807, 2.05) is 12.1 Å². The molecule has 0 bridgehead atoms. The third kappa shape index (κ3) is 2.86. The van der Waals surface area contributed by atoms with Crippen LogP contribution in [-0.4, -0.2) is 17.8 Å². The summed E-state index contributed by atoms with van der Waals surface area (Å²) >= 11 is 0. The highest BCUT2D eigenvalue weighted by molar-refractivity contribution is 5.05. The second-order valence-corrected chi connectivity index (χ2v) is 4.65. The number of hydrogen-bond donors (Lipinski definition) is 2. The van der Waals surface area contributed by atoms with Crippen LogP contribution in [0.2, 0.25) is 0 Å². The van der Waals surface area contributed by atoms with Gasteiger partial charge < -0.3 is 14.8 Å². The van der Waals surface area contributed by atoms with Gasteiger partial charge in [-0.05, 0) is 37.3 Å². The molecule has 1 aliphatic rings. The van der Waals surface area contributed by atoms with Gasteiger partial charge in [0.05, 0.1) is 18.9 Å². The molecule has 1 aromatic rings. The minimum Gasteiger partial charge on any atom is -0.468 e. The summed E-state index contributed by atoms with van der Waals surface area (Å²) in [6.07, 6.45) is 6.68. The summed E-state index contributed by atoms with van der Waals surface area (Å²) in [6, 6.07) is 4.27. The van der Waals surface area contributed by atoms with Crippen LogP contribution < -0.4 is 5.32 Å². The fraction of sp³-hybridized carbons (Fsp3) is 0.692. The van der Waals surface area contributed by atoms with Gasteiger partial charge in [-0.2, -0.15) is 0 Å². The van der Waals surface area contributed by atoms with Gasteiger partial charge in [0.15, 0.2) is 0 Å². The van der Waals surface area contributed by atoms with Gasteiger partial charge in [-0.1, -0.05) is 13.3 Å². The maximum atomic E-state index is 9.39. The topological polar surface area (TPSA) is 45.4 Å². The normalized spacial score (nSPS) is 19.6. The second-order valence-electron chi connectivity index (χ2n) is 4.65. The smallest absolute Gasteiger partial charge is 0.123 e. The maximum Gasteiger partial charge on any atom is 0.123 e. The molecule has 0 aliphatic heterocycles. The Kier molecular flexibility index (Phi) is 4.02. The lowest BCUT2D eigenvalue weighted by molar-refractivity contribution is 0.207. The molecule has 0 aromatic carbocycles. The molecule has 1 fully saturated rings. The van der Waals surface area contributed by atoms with E-state index in [-0.39, 0.29) is 12.6 Å². The monoisotopic (exact) mass is 223 g/mol. The zero-order chi connectivity index (χ0) is 11.4. The molecule has 90 valence electrons. The van der Waals surface area contributed by atoms with E-state index in [2.05, 4.69) is 12.2 Å². The van der Waals surface area contributed by atoms with Gasteiger partial charge in [-0.15, -0.1) is 0 Å². The highest BCUT2D eigenvalue weighted by atomic mass is 16.3. The van der Waals surface area contributed by atoms with E-state index in [0.29, 0.717) is 6.04 Å². The molecule has 2 unspecified atom stereocenters. The quantitative estimate of drug-likeness (QED) is 0.746. The lowest BCUT2D eigenvalue weighted by Gasteiger charge is -2.23. The Balaban J connectivity index is 1.93. The molecule has 1 aliphatic carbocycles. The van der Waals surface area contributed by atoms with Gasteiger partial charge in [0, 0.05) is 6.04 Å². The summed E-state index contributed by atoms with van der Waals surface area (Å²) in [5.74, 6) is 1.65. The average Bonchev–Trinajstić information content (AvgIpc) is 3.00. The molecule has 3 nitrogen and oxygen atoms in total. The molecule has 2 atom stereocenters. The zero-order valence-electron chi connectivity index (χ0n) is 9.86. The Bertz CT molecular complexity index is 293. The first-order valence-electron chi connectivity index (χ1n) is 6.25. The predicted octanol–water partition coefficient (Wildman–Crippen LogP) is 2.48. The first-order chi connectivity index (χ1) is 7.85. The van der Waals surface area contributed by atoms with Crippen LogP contribution in [0.1, 0.15) is 44.4 Å². The fourth-order valence-corrected chi connectivity index (χ4v) is 2.24. The first kappa shape index (κ1) is 11.7. The summed E-state index contributed by atoms with van der Waals surface area (Å²) in [5, 5.41) is 12.9. The number of aliphatic hydroxyl groups excluding tert-OH is 1. The summed E-state index contributed by atoms with van der Waals surface area (Å²) in [7, 11) is 0. The number of rotatable bonds is 7. The zero-order valence-corrected chi connectivity index (χ0v) is 9.86. The third-order valence-corrected chi connectivity index (χ3v) is 3.28. The molecule has 1 saturated carbocycles. The molecule has 16 heavy (non-hydrogen) atoms. The van der Waals surface area contributed by atoms with Crippen molar-refractivity contribution in [3.63, 3.8) is 0 Å². The van der Waals surface area contributed by atoms with Crippen LogP contribution >= 0.6 is 0 Å². The largest absolute Gasteiger partial charge is 0.468 e. The van der Waals surface area contributed by atoms with Crippen LogP contribution in [0.3, 0.4) is 0 Å². The van der Waals surface area contributed by atoms with Crippen molar-refractivity contribution < 1.29 is 9.52 Å². The lowest BCUT2D eigenvalue weighted by Crippen LogP contribution is -2.36. The summed E-state index contributed by atoms with van der Waals surface area (Å²) in [6.45, 7) is 2.30. The van der Waals surface area contributed by atoms with Crippen molar-refractivity contribution in [1.82, 2.24) is 5.32 Å². The predicted molar refractivity (Wildman–Crippen MR) is 63.1 cm³/mol. The Morgan fingerprint density at radius 1 is 1.56 bits per heavy atom. The molecule has 0 spiro atoms. The van der Waals surface area contributed by atoms with Crippen molar-refractivity contribution in [2.75, 3.05) is 6.61 Å². The molecule has 2 rings (SSSR count). The molecule has 1 aromatic heterocycles. The van der Waals surface area contributed by atoms with Gasteiger partial charge >= 0.3 is 0 Å². The molecular weight excluding hydrogens is 202 g/mol. The Hall–Kier alpha value is -0.800. The van der Waals surface area contributed by atoms with Crippen LogP contribution in [0.25, 0.3) is 0 Å². The summed E-state index contributed by atoms with van der Waals surface area (Å²) in [5.41, 5.74) is 0. The Morgan fingerprint density at radius 3 is 2.88 bits per heavy atom. The van der Waals surface area contributed by atoms with Crippen molar-refractivity contribution in [3.05, 3.63) is 24.2 Å². The maximum absolute atomic E-state index is 9.39. The van der Waals surface area contributed by atoms with Gasteiger partial charge in [-0.3, -0.25) is 0 Å². The van der Waals surface area contributed by atoms with Crippen molar-refractivity contribution in [3.8, 4) is 0 Å².